The summed E-state index contributed by atoms with van der Waals surface area (Å²) in [5.41, 5.74) is 2.19. The molecule has 0 bridgehead atoms. The van der Waals surface area contributed by atoms with Crippen molar-refractivity contribution < 1.29 is 14.3 Å². The van der Waals surface area contributed by atoms with E-state index in [-0.39, 0.29) is 36.8 Å². The lowest BCUT2D eigenvalue weighted by molar-refractivity contribution is -0.132. The summed E-state index contributed by atoms with van der Waals surface area (Å²) in [6, 6.07) is 6.20. The minimum absolute atomic E-state index is 0.0419. The lowest BCUT2D eigenvalue weighted by atomic mass is 10.1. The first-order valence-electron chi connectivity index (χ1n) is 9.39. The number of hydrogen-bond acceptors (Lipinski definition) is 7. The SMILES string of the molecule is Cc1ccc(OCc2nnc(SCC(=O)N(C)CC(=O)NC3CC3)n2N)c(C)c1. The normalized spacial score (nSPS) is 13.2. The minimum Gasteiger partial charge on any atom is -0.485 e. The number of nitrogen functional groups attached to an aromatic ring is 1. The summed E-state index contributed by atoms with van der Waals surface area (Å²) in [5.74, 6) is 7.04. The number of nitrogens with zero attached hydrogens (tertiary/aromatic N) is 4. The highest BCUT2D eigenvalue weighted by molar-refractivity contribution is 7.99. The summed E-state index contributed by atoms with van der Waals surface area (Å²) in [4.78, 5) is 25.4. The number of hydrogen-bond donors (Lipinski definition) is 2. The van der Waals surface area contributed by atoms with Crippen molar-refractivity contribution in [3.63, 3.8) is 0 Å². The van der Waals surface area contributed by atoms with E-state index >= 15 is 0 Å². The van der Waals surface area contributed by atoms with Crippen LogP contribution >= 0.6 is 11.8 Å². The number of carbonyl (C=O) groups excluding carboxylic acids is 2. The van der Waals surface area contributed by atoms with Gasteiger partial charge in [-0.15, -0.1) is 10.2 Å². The lowest BCUT2D eigenvalue weighted by Gasteiger charge is -2.16. The summed E-state index contributed by atoms with van der Waals surface area (Å²) in [6.07, 6.45) is 2.03. The molecule has 3 rings (SSSR count). The van der Waals surface area contributed by atoms with E-state index in [1.807, 2.05) is 32.0 Å². The maximum absolute atomic E-state index is 12.2. The van der Waals surface area contributed by atoms with Crippen LogP contribution in [0.2, 0.25) is 0 Å². The second-order valence-corrected chi connectivity index (χ2v) is 8.15. The van der Waals surface area contributed by atoms with Gasteiger partial charge in [0.05, 0.1) is 12.3 Å². The van der Waals surface area contributed by atoms with Gasteiger partial charge in [0.25, 0.3) is 0 Å². The summed E-state index contributed by atoms with van der Waals surface area (Å²) >= 11 is 1.17. The standard InChI is InChI=1S/C19H26N6O3S/c1-12-4-7-15(13(2)8-12)28-10-16-22-23-19(25(16)20)29-11-18(27)24(3)9-17(26)21-14-5-6-14/h4,7-8,14H,5-6,9-11,20H2,1-3H3,(H,21,26). The van der Waals surface area contributed by atoms with E-state index in [1.165, 1.54) is 21.3 Å². The molecule has 0 radical (unpaired) electrons. The number of aromatic nitrogens is 3. The van der Waals surface area contributed by atoms with Gasteiger partial charge in [0.15, 0.2) is 5.82 Å². The van der Waals surface area contributed by atoms with Gasteiger partial charge in [-0.25, -0.2) is 4.68 Å². The third kappa shape index (κ3) is 5.86. The van der Waals surface area contributed by atoms with E-state index in [2.05, 4.69) is 15.5 Å². The Kier molecular flexibility index (Phi) is 6.63. The molecule has 1 heterocycles. The molecule has 1 aliphatic carbocycles. The summed E-state index contributed by atoms with van der Waals surface area (Å²) in [5, 5.41) is 11.3. The van der Waals surface area contributed by atoms with Crippen molar-refractivity contribution in [2.75, 3.05) is 25.2 Å². The molecule has 1 aromatic carbocycles. The van der Waals surface area contributed by atoms with Gasteiger partial charge in [-0.2, -0.15) is 0 Å². The van der Waals surface area contributed by atoms with E-state index in [1.54, 1.807) is 7.05 Å². The van der Waals surface area contributed by atoms with E-state index in [0.29, 0.717) is 11.0 Å². The molecular weight excluding hydrogens is 392 g/mol. The molecule has 0 spiro atoms. The average Bonchev–Trinajstić information content (AvgIpc) is 3.41. The number of amides is 2. The van der Waals surface area contributed by atoms with Crippen LogP contribution in [-0.2, 0) is 16.2 Å². The number of carbonyl (C=O) groups is 2. The van der Waals surface area contributed by atoms with Crippen LogP contribution in [0.4, 0.5) is 0 Å². The highest BCUT2D eigenvalue weighted by Gasteiger charge is 2.24. The molecule has 156 valence electrons. The zero-order chi connectivity index (χ0) is 21.0. The quantitative estimate of drug-likeness (QED) is 0.461. The van der Waals surface area contributed by atoms with E-state index in [4.69, 9.17) is 10.6 Å². The number of thioether (sulfide) groups is 1. The second kappa shape index (κ2) is 9.17. The molecule has 1 fully saturated rings. The Bertz CT molecular complexity index is 896. The van der Waals surface area contributed by atoms with Gasteiger partial charge in [-0.05, 0) is 38.3 Å². The molecule has 0 aliphatic heterocycles. The third-order valence-electron chi connectivity index (χ3n) is 4.50. The van der Waals surface area contributed by atoms with Crippen LogP contribution in [0.15, 0.2) is 23.4 Å². The smallest absolute Gasteiger partial charge is 0.239 e. The van der Waals surface area contributed by atoms with E-state index < -0.39 is 0 Å². The zero-order valence-corrected chi connectivity index (χ0v) is 17.7. The molecule has 1 aliphatic rings. The van der Waals surface area contributed by atoms with Gasteiger partial charge < -0.3 is 20.8 Å². The molecule has 1 saturated carbocycles. The Balaban J connectivity index is 1.48. The van der Waals surface area contributed by atoms with E-state index in [0.717, 1.165) is 29.7 Å². The van der Waals surface area contributed by atoms with Gasteiger partial charge in [-0.1, -0.05) is 29.5 Å². The topological polar surface area (TPSA) is 115 Å². The monoisotopic (exact) mass is 418 g/mol. The zero-order valence-electron chi connectivity index (χ0n) is 16.8. The number of nitrogens with one attached hydrogen (secondary N) is 1. The first kappa shape index (κ1) is 21.0. The summed E-state index contributed by atoms with van der Waals surface area (Å²) in [7, 11) is 1.60. The summed E-state index contributed by atoms with van der Waals surface area (Å²) in [6.45, 7) is 4.21. The van der Waals surface area contributed by atoms with Crippen LogP contribution in [0.25, 0.3) is 0 Å². The Morgan fingerprint density at radius 1 is 1.34 bits per heavy atom. The van der Waals surface area contributed by atoms with Crippen LogP contribution in [0.5, 0.6) is 5.75 Å². The number of aryl methyl sites for hydroxylation is 2. The minimum atomic E-state index is -0.183. The van der Waals surface area contributed by atoms with Crippen LogP contribution in [0, 0.1) is 13.8 Å². The molecule has 3 N–H and O–H groups in total. The predicted octanol–water partition coefficient (Wildman–Crippen LogP) is 1.02. The fraction of sp³-hybridized carbons (Fsp3) is 0.474. The number of benzene rings is 1. The Labute approximate surface area is 174 Å². The van der Waals surface area contributed by atoms with Crippen LogP contribution < -0.4 is 15.9 Å². The Morgan fingerprint density at radius 2 is 2.10 bits per heavy atom. The second-order valence-electron chi connectivity index (χ2n) is 7.21. The predicted molar refractivity (Wildman–Crippen MR) is 110 cm³/mol. The summed E-state index contributed by atoms with van der Waals surface area (Å²) < 4.78 is 7.10. The van der Waals surface area contributed by atoms with Crippen molar-refractivity contribution in [1.82, 2.24) is 25.1 Å². The Hall–Kier alpha value is -2.75. The maximum Gasteiger partial charge on any atom is 0.239 e. The van der Waals surface area contributed by atoms with Gasteiger partial charge in [-0.3, -0.25) is 9.59 Å². The van der Waals surface area contributed by atoms with Gasteiger partial charge in [0.2, 0.25) is 17.0 Å². The number of nitrogens with two attached hydrogens (primary N) is 1. The van der Waals surface area contributed by atoms with Gasteiger partial charge in [0, 0.05) is 13.1 Å². The fourth-order valence-electron chi connectivity index (χ4n) is 2.65. The molecule has 9 nitrogen and oxygen atoms in total. The van der Waals surface area contributed by atoms with Crippen molar-refractivity contribution in [3.8, 4) is 5.75 Å². The van der Waals surface area contributed by atoms with Crippen LogP contribution in [-0.4, -0.2) is 57.0 Å². The van der Waals surface area contributed by atoms with Crippen molar-refractivity contribution in [1.29, 1.82) is 0 Å². The molecule has 2 aromatic rings. The van der Waals surface area contributed by atoms with E-state index in [9.17, 15) is 9.59 Å². The molecule has 0 saturated heterocycles. The molecule has 0 atom stereocenters. The average molecular weight is 419 g/mol. The largest absolute Gasteiger partial charge is 0.485 e. The van der Waals surface area contributed by atoms with Crippen LogP contribution in [0.1, 0.15) is 29.8 Å². The van der Waals surface area contributed by atoms with Crippen molar-refractivity contribution >= 4 is 23.6 Å². The maximum atomic E-state index is 12.2. The molecular formula is C19H26N6O3S. The Morgan fingerprint density at radius 3 is 2.79 bits per heavy atom. The van der Waals surface area contributed by atoms with Gasteiger partial charge >= 0.3 is 0 Å². The highest BCUT2D eigenvalue weighted by atomic mass is 32.2. The van der Waals surface area contributed by atoms with Crippen LogP contribution in [0.3, 0.4) is 0 Å². The van der Waals surface area contributed by atoms with Gasteiger partial charge in [0.1, 0.15) is 12.4 Å². The molecule has 1 aromatic heterocycles. The number of ether oxygens (including phenoxy) is 1. The van der Waals surface area contributed by atoms with Crippen molar-refractivity contribution in [3.05, 3.63) is 35.2 Å². The van der Waals surface area contributed by atoms with Crippen molar-refractivity contribution in [2.45, 2.75) is 44.5 Å². The first-order valence-corrected chi connectivity index (χ1v) is 10.4. The first-order chi connectivity index (χ1) is 13.8. The molecule has 2 amide bonds. The number of likely N-dealkylation sites (N-methyl/N-ethyl adjacent to an activating group) is 1. The number of rotatable bonds is 9. The molecule has 10 heteroatoms. The van der Waals surface area contributed by atoms with Crippen molar-refractivity contribution in [2.24, 2.45) is 0 Å². The lowest BCUT2D eigenvalue weighted by Crippen LogP contribution is -2.39. The molecule has 29 heavy (non-hydrogen) atoms. The fourth-order valence-corrected chi connectivity index (χ4v) is 3.46. The third-order valence-corrected chi connectivity index (χ3v) is 5.42. The molecule has 0 unspecified atom stereocenters. The highest BCUT2D eigenvalue weighted by Crippen LogP contribution is 2.21.